The monoisotopic (exact) mass is 252 g/mol. The fourth-order valence-electron chi connectivity index (χ4n) is 1.95. The van der Waals surface area contributed by atoms with Crippen LogP contribution in [-0.4, -0.2) is 24.9 Å². The maximum Gasteiger partial charge on any atom is 0.124 e. The van der Waals surface area contributed by atoms with Crippen molar-refractivity contribution in [1.82, 2.24) is 0 Å². The van der Waals surface area contributed by atoms with Crippen molar-refractivity contribution in [2.45, 2.75) is 45.8 Å². The van der Waals surface area contributed by atoms with Crippen LogP contribution in [-0.2, 0) is 4.74 Å². The van der Waals surface area contributed by atoms with E-state index in [1.807, 2.05) is 32.0 Å². The highest BCUT2D eigenvalue weighted by atomic mass is 16.5. The Morgan fingerprint density at radius 2 is 2.06 bits per heavy atom. The van der Waals surface area contributed by atoms with E-state index in [0.717, 1.165) is 24.0 Å². The van der Waals surface area contributed by atoms with Crippen LogP contribution in [0.2, 0.25) is 0 Å². The van der Waals surface area contributed by atoms with Gasteiger partial charge in [0.2, 0.25) is 0 Å². The van der Waals surface area contributed by atoms with Gasteiger partial charge < -0.3 is 14.6 Å². The third-order valence-electron chi connectivity index (χ3n) is 2.98. The summed E-state index contributed by atoms with van der Waals surface area (Å²) in [6.07, 6.45) is 1.64. The number of aliphatic hydroxyl groups excluding tert-OH is 1. The molecule has 2 unspecified atom stereocenters. The highest BCUT2D eigenvalue weighted by Crippen LogP contribution is 2.26. The van der Waals surface area contributed by atoms with Gasteiger partial charge in [-0.15, -0.1) is 0 Å². The Kier molecular flexibility index (Phi) is 6.16. The zero-order valence-corrected chi connectivity index (χ0v) is 11.8. The van der Waals surface area contributed by atoms with E-state index in [4.69, 9.17) is 9.47 Å². The summed E-state index contributed by atoms with van der Waals surface area (Å²) in [5.41, 5.74) is 1.90. The molecular weight excluding hydrogens is 228 g/mol. The molecule has 1 rings (SSSR count). The number of ether oxygens (including phenoxy) is 2. The zero-order chi connectivity index (χ0) is 13.5. The van der Waals surface area contributed by atoms with Crippen molar-refractivity contribution in [1.29, 1.82) is 0 Å². The number of aryl methyl sites for hydroxylation is 1. The van der Waals surface area contributed by atoms with Gasteiger partial charge in [0.25, 0.3) is 0 Å². The number of rotatable bonds is 7. The molecule has 1 N–H and O–H groups in total. The van der Waals surface area contributed by atoms with Crippen LogP contribution in [0.4, 0.5) is 0 Å². The Balaban J connectivity index is 2.65. The van der Waals surface area contributed by atoms with Crippen LogP contribution in [0.15, 0.2) is 18.2 Å². The van der Waals surface area contributed by atoms with Gasteiger partial charge in [0, 0.05) is 5.56 Å². The summed E-state index contributed by atoms with van der Waals surface area (Å²) < 4.78 is 10.9. The number of benzene rings is 1. The van der Waals surface area contributed by atoms with Crippen LogP contribution in [0.25, 0.3) is 0 Å². The molecule has 0 bridgehead atoms. The van der Waals surface area contributed by atoms with Gasteiger partial charge in [0.15, 0.2) is 0 Å². The second-order valence-corrected chi connectivity index (χ2v) is 4.69. The van der Waals surface area contributed by atoms with Crippen LogP contribution < -0.4 is 4.74 Å². The molecule has 0 spiro atoms. The standard InChI is InChI=1S/C15H24O3/c1-5-6-12(3)18-10-14(16)13-9-11(2)7-8-15(13)17-4/h7-9,12,14,16H,5-6,10H2,1-4H3. The molecule has 3 heteroatoms. The summed E-state index contributed by atoms with van der Waals surface area (Å²) in [6, 6.07) is 5.79. The predicted octanol–water partition coefficient (Wildman–Crippen LogP) is 3.24. The molecule has 102 valence electrons. The van der Waals surface area contributed by atoms with Crippen molar-refractivity contribution < 1.29 is 14.6 Å². The first kappa shape index (κ1) is 15.0. The number of hydrogen-bond donors (Lipinski definition) is 1. The maximum atomic E-state index is 10.2. The van der Waals surface area contributed by atoms with Crippen molar-refractivity contribution in [2.75, 3.05) is 13.7 Å². The molecule has 0 heterocycles. The normalized spacial score (nSPS) is 14.3. The van der Waals surface area contributed by atoms with Crippen molar-refractivity contribution in [3.05, 3.63) is 29.3 Å². The van der Waals surface area contributed by atoms with Crippen molar-refractivity contribution in [3.63, 3.8) is 0 Å². The van der Waals surface area contributed by atoms with Gasteiger partial charge in [-0.3, -0.25) is 0 Å². The van der Waals surface area contributed by atoms with Gasteiger partial charge >= 0.3 is 0 Å². The minimum atomic E-state index is -0.640. The van der Waals surface area contributed by atoms with E-state index in [0.29, 0.717) is 12.4 Å². The molecule has 0 saturated carbocycles. The second-order valence-electron chi connectivity index (χ2n) is 4.69. The molecular formula is C15H24O3. The molecule has 3 nitrogen and oxygen atoms in total. The Morgan fingerprint density at radius 3 is 2.67 bits per heavy atom. The van der Waals surface area contributed by atoms with Crippen molar-refractivity contribution >= 4 is 0 Å². The molecule has 0 fully saturated rings. The Morgan fingerprint density at radius 1 is 1.33 bits per heavy atom. The van der Waals surface area contributed by atoms with Crippen LogP contribution in [0.1, 0.15) is 43.9 Å². The van der Waals surface area contributed by atoms with E-state index in [1.165, 1.54) is 0 Å². The highest BCUT2D eigenvalue weighted by molar-refractivity contribution is 5.38. The third kappa shape index (κ3) is 4.31. The molecule has 0 radical (unpaired) electrons. The molecule has 18 heavy (non-hydrogen) atoms. The number of hydrogen-bond acceptors (Lipinski definition) is 3. The lowest BCUT2D eigenvalue weighted by atomic mass is 10.1. The molecule has 0 aliphatic heterocycles. The van der Waals surface area contributed by atoms with E-state index in [1.54, 1.807) is 7.11 Å². The van der Waals surface area contributed by atoms with E-state index >= 15 is 0 Å². The molecule has 0 saturated heterocycles. The molecule has 1 aromatic rings. The van der Waals surface area contributed by atoms with Crippen molar-refractivity contribution in [3.8, 4) is 5.75 Å². The summed E-state index contributed by atoms with van der Waals surface area (Å²) in [6.45, 7) is 6.46. The third-order valence-corrected chi connectivity index (χ3v) is 2.98. The lowest BCUT2D eigenvalue weighted by molar-refractivity contribution is -0.00659. The smallest absolute Gasteiger partial charge is 0.124 e. The Bertz CT molecular complexity index is 363. The van der Waals surface area contributed by atoms with Crippen molar-refractivity contribution in [2.24, 2.45) is 0 Å². The largest absolute Gasteiger partial charge is 0.496 e. The van der Waals surface area contributed by atoms with E-state index < -0.39 is 6.10 Å². The summed E-state index contributed by atoms with van der Waals surface area (Å²) in [5, 5.41) is 10.2. The SMILES string of the molecule is CCCC(C)OCC(O)c1cc(C)ccc1OC. The summed E-state index contributed by atoms with van der Waals surface area (Å²) >= 11 is 0. The second kappa shape index (κ2) is 7.39. The van der Waals surface area contributed by atoms with Crippen LogP contribution >= 0.6 is 0 Å². The van der Waals surface area contributed by atoms with Gasteiger partial charge in [-0.05, 0) is 32.4 Å². The fraction of sp³-hybridized carbons (Fsp3) is 0.600. The fourth-order valence-corrected chi connectivity index (χ4v) is 1.95. The Labute approximate surface area is 110 Å². The van der Waals surface area contributed by atoms with Crippen LogP contribution in [0.5, 0.6) is 5.75 Å². The maximum absolute atomic E-state index is 10.2. The first-order chi connectivity index (χ1) is 8.58. The minimum Gasteiger partial charge on any atom is -0.496 e. The molecule has 0 aliphatic rings. The molecule has 2 atom stereocenters. The molecule has 0 amide bonds. The number of aliphatic hydroxyl groups is 1. The van der Waals surface area contributed by atoms with Gasteiger partial charge in [-0.25, -0.2) is 0 Å². The van der Waals surface area contributed by atoms with Gasteiger partial charge in [0.1, 0.15) is 11.9 Å². The average molecular weight is 252 g/mol. The van der Waals surface area contributed by atoms with E-state index in [9.17, 15) is 5.11 Å². The lowest BCUT2D eigenvalue weighted by Crippen LogP contribution is -2.15. The van der Waals surface area contributed by atoms with Gasteiger partial charge in [-0.2, -0.15) is 0 Å². The van der Waals surface area contributed by atoms with Gasteiger partial charge in [0.05, 0.1) is 19.8 Å². The quantitative estimate of drug-likeness (QED) is 0.809. The predicted molar refractivity (Wildman–Crippen MR) is 73.0 cm³/mol. The van der Waals surface area contributed by atoms with Gasteiger partial charge in [-0.1, -0.05) is 25.0 Å². The first-order valence-corrected chi connectivity index (χ1v) is 6.52. The average Bonchev–Trinajstić information content (AvgIpc) is 2.36. The highest BCUT2D eigenvalue weighted by Gasteiger charge is 2.15. The summed E-state index contributed by atoms with van der Waals surface area (Å²) in [4.78, 5) is 0. The van der Waals surface area contributed by atoms with E-state index in [-0.39, 0.29) is 6.10 Å². The van der Waals surface area contributed by atoms with Crippen LogP contribution in [0.3, 0.4) is 0 Å². The van der Waals surface area contributed by atoms with Crippen LogP contribution in [0, 0.1) is 6.92 Å². The molecule has 0 aromatic heterocycles. The minimum absolute atomic E-state index is 0.181. The lowest BCUT2D eigenvalue weighted by Gasteiger charge is -2.18. The first-order valence-electron chi connectivity index (χ1n) is 6.52. The number of methoxy groups -OCH3 is 1. The Hall–Kier alpha value is -1.06. The molecule has 1 aromatic carbocycles. The molecule has 0 aliphatic carbocycles. The summed E-state index contributed by atoms with van der Waals surface area (Å²) in [5.74, 6) is 0.708. The summed E-state index contributed by atoms with van der Waals surface area (Å²) in [7, 11) is 1.61. The topological polar surface area (TPSA) is 38.7 Å². The zero-order valence-electron chi connectivity index (χ0n) is 11.8. The van der Waals surface area contributed by atoms with E-state index in [2.05, 4.69) is 6.92 Å².